The van der Waals surface area contributed by atoms with Crippen molar-refractivity contribution in [2.75, 3.05) is 6.26 Å². The number of halogens is 1. The molecule has 4 rings (SSSR count). The number of carbonyl (C=O) groups excluding carboxylic acids is 3. The lowest BCUT2D eigenvalue weighted by Gasteiger charge is -2.39. The highest BCUT2D eigenvalue weighted by Crippen LogP contribution is 2.46. The number of ether oxygens (including phenoxy) is 2. The summed E-state index contributed by atoms with van der Waals surface area (Å²) in [6, 6.07) is 15.9. The summed E-state index contributed by atoms with van der Waals surface area (Å²) >= 11 is 1.47. The van der Waals surface area contributed by atoms with E-state index < -0.39 is 41.3 Å². The van der Waals surface area contributed by atoms with E-state index in [1.54, 1.807) is 89.5 Å². The van der Waals surface area contributed by atoms with Crippen molar-refractivity contribution in [3.63, 3.8) is 0 Å². The van der Waals surface area contributed by atoms with E-state index in [4.69, 9.17) is 15.2 Å². The number of benzene rings is 2. The summed E-state index contributed by atoms with van der Waals surface area (Å²) in [5, 5.41) is 3.60. The first-order chi connectivity index (χ1) is 21.1. The van der Waals surface area contributed by atoms with Gasteiger partial charge in [-0.05, 0) is 70.2 Å². The van der Waals surface area contributed by atoms with Gasteiger partial charge in [-0.15, -0.1) is 0 Å². The van der Waals surface area contributed by atoms with Crippen LogP contribution < -0.4 is 11.1 Å². The SMILES string of the molecule is CSc1nccn1-c1cccc(C(=O)CC(=O)NC2=C(CC(C)(C)OC(N)=O)CC(F)(OC(C)(C)C)C(c3ccccc3)=C2)c1. The maximum Gasteiger partial charge on any atom is 0.405 e. The van der Waals surface area contributed by atoms with E-state index in [1.165, 1.54) is 17.8 Å². The van der Waals surface area contributed by atoms with Crippen molar-refractivity contribution in [3.05, 3.63) is 95.5 Å². The third kappa shape index (κ3) is 8.70. The lowest BCUT2D eigenvalue weighted by Crippen LogP contribution is -2.42. The van der Waals surface area contributed by atoms with Crippen molar-refractivity contribution >= 4 is 35.1 Å². The van der Waals surface area contributed by atoms with Crippen molar-refractivity contribution in [3.8, 4) is 5.69 Å². The lowest BCUT2D eigenvalue weighted by atomic mass is 9.82. The van der Waals surface area contributed by atoms with Gasteiger partial charge in [0, 0.05) is 47.8 Å². The molecule has 0 bridgehead atoms. The Morgan fingerprint density at radius 2 is 1.80 bits per heavy atom. The van der Waals surface area contributed by atoms with Crippen LogP contribution in [0.15, 0.2) is 89.5 Å². The molecular formula is C34H39FN4O5S. The Hall–Kier alpha value is -4.22. The number of aromatic nitrogens is 2. The Morgan fingerprint density at radius 1 is 1.09 bits per heavy atom. The number of primary amides is 1. The summed E-state index contributed by atoms with van der Waals surface area (Å²) in [6.07, 6.45) is 5.27. The highest BCUT2D eigenvalue weighted by atomic mass is 32.2. The Morgan fingerprint density at radius 3 is 2.44 bits per heavy atom. The molecule has 238 valence electrons. The summed E-state index contributed by atoms with van der Waals surface area (Å²) in [5.41, 5.74) is 5.93. The van der Waals surface area contributed by atoms with Crippen molar-refractivity contribution in [1.29, 1.82) is 0 Å². The van der Waals surface area contributed by atoms with E-state index in [0.29, 0.717) is 22.4 Å². The van der Waals surface area contributed by atoms with E-state index in [1.807, 2.05) is 23.0 Å². The van der Waals surface area contributed by atoms with Crippen molar-refractivity contribution in [2.24, 2.45) is 5.73 Å². The van der Waals surface area contributed by atoms with Gasteiger partial charge in [-0.1, -0.05) is 54.2 Å². The number of nitrogens with two attached hydrogens (primary N) is 1. The molecule has 11 heteroatoms. The molecule has 3 N–H and O–H groups in total. The summed E-state index contributed by atoms with van der Waals surface area (Å²) in [6.45, 7) is 8.56. The molecule has 1 heterocycles. The number of imidazole rings is 1. The number of carbonyl (C=O) groups is 3. The van der Waals surface area contributed by atoms with E-state index in [0.717, 1.165) is 10.8 Å². The minimum absolute atomic E-state index is 0.0436. The zero-order valence-corrected chi connectivity index (χ0v) is 27.2. The molecule has 9 nitrogen and oxygen atoms in total. The first kappa shape index (κ1) is 33.7. The fourth-order valence-electron chi connectivity index (χ4n) is 5.33. The number of ketones is 1. The molecule has 0 aliphatic heterocycles. The van der Waals surface area contributed by atoms with Crippen LogP contribution in [0.5, 0.6) is 0 Å². The topological polar surface area (TPSA) is 126 Å². The number of nitrogens with zero attached hydrogens (tertiary/aromatic N) is 2. The molecule has 0 saturated heterocycles. The van der Waals surface area contributed by atoms with E-state index in [2.05, 4.69) is 10.3 Å². The normalized spacial score (nSPS) is 17.1. The maximum absolute atomic E-state index is 17.0. The van der Waals surface area contributed by atoms with Crippen molar-refractivity contribution in [2.45, 2.75) is 76.1 Å². The Balaban J connectivity index is 1.68. The number of allylic oxidation sites excluding steroid dienone is 1. The van der Waals surface area contributed by atoms with Gasteiger partial charge in [-0.2, -0.15) is 0 Å². The Bertz CT molecular complexity index is 1640. The van der Waals surface area contributed by atoms with Gasteiger partial charge in [0.05, 0.1) is 12.0 Å². The largest absolute Gasteiger partial charge is 0.443 e. The lowest BCUT2D eigenvalue weighted by molar-refractivity contribution is -0.169. The number of rotatable bonds is 11. The third-order valence-electron chi connectivity index (χ3n) is 6.91. The minimum atomic E-state index is -2.27. The quantitative estimate of drug-likeness (QED) is 0.135. The standard InChI is InChI=1S/C34H39FN4O5S/c1-32(2,3)44-34(35)21-24(20-33(4,5)43-30(36)42)27(18-26(34)22-11-8-7-9-12-22)38-29(41)19-28(40)23-13-10-14-25(17-23)39-16-15-37-31(39)45-6/h7-18H,19-21H2,1-6H3,(H2,36,42)(H,38,41). The van der Waals surface area contributed by atoms with Gasteiger partial charge >= 0.3 is 6.09 Å². The van der Waals surface area contributed by atoms with Gasteiger partial charge in [0.1, 0.15) is 5.60 Å². The van der Waals surface area contributed by atoms with E-state index in [-0.39, 0.29) is 18.4 Å². The van der Waals surface area contributed by atoms with Crippen LogP contribution in [0.1, 0.15) is 69.8 Å². The first-order valence-electron chi connectivity index (χ1n) is 14.5. The molecule has 1 aliphatic rings. The second kappa shape index (κ2) is 13.4. The van der Waals surface area contributed by atoms with Crippen LogP contribution in [-0.4, -0.2) is 50.6 Å². The van der Waals surface area contributed by atoms with Crippen molar-refractivity contribution < 1.29 is 28.2 Å². The summed E-state index contributed by atoms with van der Waals surface area (Å²) in [4.78, 5) is 42.6. The van der Waals surface area contributed by atoms with Crippen LogP contribution in [-0.2, 0) is 14.3 Å². The number of nitrogens with one attached hydrogen (secondary N) is 1. The van der Waals surface area contributed by atoms with Crippen LogP contribution in [0.3, 0.4) is 0 Å². The molecule has 0 radical (unpaired) electrons. The molecule has 2 aromatic carbocycles. The minimum Gasteiger partial charge on any atom is -0.443 e. The van der Waals surface area contributed by atoms with Crippen molar-refractivity contribution in [1.82, 2.24) is 14.9 Å². The molecule has 1 atom stereocenters. The van der Waals surface area contributed by atoms with Crippen LogP contribution in [0, 0.1) is 0 Å². The molecule has 1 unspecified atom stereocenters. The third-order valence-corrected chi connectivity index (χ3v) is 7.58. The Kier molecular flexibility index (Phi) is 10.0. The predicted octanol–water partition coefficient (Wildman–Crippen LogP) is 6.77. The average molecular weight is 635 g/mol. The van der Waals surface area contributed by atoms with Gasteiger partial charge in [0.15, 0.2) is 10.9 Å². The van der Waals surface area contributed by atoms with Gasteiger partial charge in [-0.25, -0.2) is 14.2 Å². The summed E-state index contributed by atoms with van der Waals surface area (Å²) < 4.78 is 30.2. The number of thioether (sulfide) groups is 1. The average Bonchev–Trinajstić information content (AvgIpc) is 3.42. The van der Waals surface area contributed by atoms with Crippen LogP contribution in [0.4, 0.5) is 9.18 Å². The van der Waals surface area contributed by atoms with Gasteiger partial charge in [-0.3, -0.25) is 14.2 Å². The maximum atomic E-state index is 17.0. The number of alkyl halides is 1. The van der Waals surface area contributed by atoms with Crippen LogP contribution in [0.25, 0.3) is 11.3 Å². The molecule has 0 spiro atoms. The van der Waals surface area contributed by atoms with Gasteiger partial charge in [0.2, 0.25) is 11.8 Å². The molecule has 1 aliphatic carbocycles. The molecule has 45 heavy (non-hydrogen) atoms. The zero-order valence-electron chi connectivity index (χ0n) is 26.3. The first-order valence-corrected chi connectivity index (χ1v) is 15.7. The second-order valence-electron chi connectivity index (χ2n) is 12.4. The molecule has 0 saturated carbocycles. The number of hydrogen-bond acceptors (Lipinski definition) is 7. The fourth-order valence-corrected chi connectivity index (χ4v) is 5.85. The molecule has 1 aromatic heterocycles. The predicted molar refractivity (Wildman–Crippen MR) is 173 cm³/mol. The Labute approximate surface area is 267 Å². The highest BCUT2D eigenvalue weighted by molar-refractivity contribution is 7.98. The van der Waals surface area contributed by atoms with E-state index in [9.17, 15) is 14.4 Å². The summed E-state index contributed by atoms with van der Waals surface area (Å²) in [5.74, 6) is -3.24. The smallest absolute Gasteiger partial charge is 0.405 e. The summed E-state index contributed by atoms with van der Waals surface area (Å²) in [7, 11) is 0. The second-order valence-corrected chi connectivity index (χ2v) is 13.2. The number of hydrogen-bond donors (Lipinski definition) is 2. The van der Waals surface area contributed by atoms with Crippen LogP contribution in [0.2, 0.25) is 0 Å². The molecular weight excluding hydrogens is 595 g/mol. The van der Waals surface area contributed by atoms with Gasteiger partial charge in [0.25, 0.3) is 0 Å². The van der Waals surface area contributed by atoms with E-state index >= 15 is 4.39 Å². The van der Waals surface area contributed by atoms with Crippen LogP contribution >= 0.6 is 11.8 Å². The molecule has 0 fully saturated rings. The number of amides is 2. The highest BCUT2D eigenvalue weighted by Gasteiger charge is 2.45. The number of Topliss-reactive ketones (excluding diaryl/α,β-unsaturated/α-hetero) is 1. The molecule has 2 amide bonds. The van der Waals surface area contributed by atoms with Gasteiger partial charge < -0.3 is 20.5 Å². The molecule has 3 aromatic rings. The fraction of sp³-hybridized carbons (Fsp3) is 0.353. The monoisotopic (exact) mass is 634 g/mol. The zero-order chi connectivity index (χ0) is 33.0.